The van der Waals surface area contributed by atoms with E-state index in [1.54, 1.807) is 6.92 Å². The van der Waals surface area contributed by atoms with E-state index in [9.17, 15) is 8.78 Å². The predicted molar refractivity (Wildman–Crippen MR) is 83.6 cm³/mol. The highest BCUT2D eigenvalue weighted by molar-refractivity contribution is 5.48. The maximum Gasteiger partial charge on any atom is 0.146 e. The Morgan fingerprint density at radius 1 is 1.05 bits per heavy atom. The van der Waals surface area contributed by atoms with Gasteiger partial charge in [0.25, 0.3) is 0 Å². The summed E-state index contributed by atoms with van der Waals surface area (Å²) < 4.78 is 27.4. The molecule has 1 nitrogen and oxygen atoms in total. The Kier molecular flexibility index (Phi) is 4.94. The van der Waals surface area contributed by atoms with Gasteiger partial charge in [-0.1, -0.05) is 37.6 Å². The Bertz CT molecular complexity index is 605. The van der Waals surface area contributed by atoms with E-state index in [2.05, 4.69) is 24.4 Å². The maximum atomic E-state index is 13.8. The van der Waals surface area contributed by atoms with Crippen molar-refractivity contribution in [1.82, 2.24) is 0 Å². The van der Waals surface area contributed by atoms with Crippen LogP contribution in [0.3, 0.4) is 0 Å². The Morgan fingerprint density at radius 2 is 1.71 bits per heavy atom. The maximum absolute atomic E-state index is 13.8. The van der Waals surface area contributed by atoms with E-state index in [-0.39, 0.29) is 11.7 Å². The summed E-state index contributed by atoms with van der Waals surface area (Å²) in [6, 6.07) is 10.6. The number of hydrogen-bond acceptors (Lipinski definition) is 1. The lowest BCUT2D eigenvalue weighted by Gasteiger charge is -2.17. The first-order valence-electron chi connectivity index (χ1n) is 7.32. The van der Waals surface area contributed by atoms with Crippen LogP contribution in [0.2, 0.25) is 0 Å². The molecule has 0 radical (unpaired) electrons. The Balaban J connectivity index is 2.14. The number of rotatable bonds is 5. The zero-order valence-corrected chi connectivity index (χ0v) is 12.7. The molecule has 0 aliphatic heterocycles. The summed E-state index contributed by atoms with van der Waals surface area (Å²) in [5.41, 5.74) is 2.86. The van der Waals surface area contributed by atoms with Gasteiger partial charge in [-0.25, -0.2) is 8.78 Å². The summed E-state index contributed by atoms with van der Waals surface area (Å²) in [6.07, 6.45) is 2.17. The zero-order valence-electron chi connectivity index (χ0n) is 12.7. The number of nitrogens with one attached hydrogen (secondary N) is 1. The lowest BCUT2D eigenvalue weighted by molar-refractivity contribution is 0.593. The average Bonchev–Trinajstić information content (AvgIpc) is 2.46. The predicted octanol–water partition coefficient (Wildman–Crippen LogP) is 5.40. The van der Waals surface area contributed by atoms with Gasteiger partial charge in [0.15, 0.2) is 0 Å². The van der Waals surface area contributed by atoms with Crippen molar-refractivity contribution < 1.29 is 8.78 Å². The fourth-order valence-corrected chi connectivity index (χ4v) is 2.34. The zero-order chi connectivity index (χ0) is 15.4. The van der Waals surface area contributed by atoms with Gasteiger partial charge in [-0.15, -0.1) is 0 Å². The van der Waals surface area contributed by atoms with Crippen molar-refractivity contribution in [2.24, 2.45) is 0 Å². The van der Waals surface area contributed by atoms with Crippen LogP contribution in [0.25, 0.3) is 0 Å². The molecule has 0 heterocycles. The highest BCUT2D eigenvalue weighted by atomic mass is 19.1. The van der Waals surface area contributed by atoms with Crippen molar-refractivity contribution >= 4 is 5.69 Å². The summed E-state index contributed by atoms with van der Waals surface area (Å²) in [6.45, 7) is 5.64. The molecular weight excluding hydrogens is 268 g/mol. The Labute approximate surface area is 125 Å². The van der Waals surface area contributed by atoms with Crippen molar-refractivity contribution in [2.75, 3.05) is 5.32 Å². The molecule has 0 spiro atoms. The van der Waals surface area contributed by atoms with Gasteiger partial charge in [-0.2, -0.15) is 0 Å². The molecule has 0 bridgehead atoms. The smallest absolute Gasteiger partial charge is 0.146 e. The highest BCUT2D eigenvalue weighted by Gasteiger charge is 2.11. The van der Waals surface area contributed by atoms with Crippen LogP contribution in [0.5, 0.6) is 0 Å². The Morgan fingerprint density at radius 3 is 2.33 bits per heavy atom. The Hall–Kier alpha value is -1.90. The molecule has 0 aliphatic carbocycles. The molecule has 0 saturated carbocycles. The largest absolute Gasteiger partial charge is 0.376 e. The van der Waals surface area contributed by atoms with Crippen molar-refractivity contribution in [3.8, 4) is 0 Å². The van der Waals surface area contributed by atoms with Gasteiger partial charge in [0, 0.05) is 12.1 Å². The molecule has 0 aliphatic rings. The van der Waals surface area contributed by atoms with E-state index in [1.807, 2.05) is 19.1 Å². The van der Waals surface area contributed by atoms with E-state index < -0.39 is 11.6 Å². The monoisotopic (exact) mass is 289 g/mol. The average molecular weight is 289 g/mol. The van der Waals surface area contributed by atoms with Crippen molar-refractivity contribution in [2.45, 2.75) is 39.7 Å². The number of benzene rings is 2. The quantitative estimate of drug-likeness (QED) is 0.777. The van der Waals surface area contributed by atoms with Crippen LogP contribution >= 0.6 is 0 Å². The van der Waals surface area contributed by atoms with E-state index >= 15 is 0 Å². The topological polar surface area (TPSA) is 12.0 Å². The molecular formula is C18H21F2N. The van der Waals surface area contributed by atoms with Crippen LogP contribution in [0.4, 0.5) is 14.5 Å². The molecule has 0 fully saturated rings. The second kappa shape index (κ2) is 6.70. The van der Waals surface area contributed by atoms with Crippen LogP contribution in [0.1, 0.15) is 43.0 Å². The van der Waals surface area contributed by atoms with Gasteiger partial charge in [0.05, 0.1) is 5.69 Å². The van der Waals surface area contributed by atoms with E-state index in [0.717, 1.165) is 18.4 Å². The van der Waals surface area contributed by atoms with Gasteiger partial charge < -0.3 is 5.32 Å². The molecule has 1 unspecified atom stereocenters. The third-order valence-corrected chi connectivity index (χ3v) is 3.64. The molecule has 0 aromatic heterocycles. The molecule has 2 aromatic rings. The molecule has 21 heavy (non-hydrogen) atoms. The highest BCUT2D eigenvalue weighted by Crippen LogP contribution is 2.24. The number of hydrogen-bond donors (Lipinski definition) is 1. The number of anilines is 1. The molecule has 2 aromatic carbocycles. The van der Waals surface area contributed by atoms with Gasteiger partial charge in [0.1, 0.15) is 11.6 Å². The van der Waals surface area contributed by atoms with Crippen LogP contribution in [0.15, 0.2) is 36.4 Å². The first kappa shape index (κ1) is 15.5. The number of aryl methyl sites for hydroxylation is 2. The van der Waals surface area contributed by atoms with Crippen molar-refractivity contribution in [3.63, 3.8) is 0 Å². The lowest BCUT2D eigenvalue weighted by atomic mass is 10.0. The third-order valence-electron chi connectivity index (χ3n) is 3.64. The summed E-state index contributed by atoms with van der Waals surface area (Å²) in [5, 5.41) is 3.03. The van der Waals surface area contributed by atoms with Gasteiger partial charge >= 0.3 is 0 Å². The minimum Gasteiger partial charge on any atom is -0.376 e. The second-order valence-corrected chi connectivity index (χ2v) is 5.44. The molecule has 0 amide bonds. The minimum atomic E-state index is -0.427. The molecule has 0 saturated heterocycles. The minimum absolute atomic E-state index is 0.0858. The normalized spacial score (nSPS) is 12.2. The van der Waals surface area contributed by atoms with Crippen molar-refractivity contribution in [3.05, 3.63) is 64.7 Å². The summed E-state index contributed by atoms with van der Waals surface area (Å²) in [5.74, 6) is -0.826. The van der Waals surface area contributed by atoms with E-state index in [4.69, 9.17) is 0 Å². The molecule has 112 valence electrons. The van der Waals surface area contributed by atoms with Crippen LogP contribution < -0.4 is 5.32 Å². The molecule has 3 heteroatoms. The fraction of sp³-hybridized carbons (Fsp3) is 0.333. The first-order chi connectivity index (χ1) is 10.0. The molecule has 2 rings (SSSR count). The SMILES string of the molecule is CCCc1ccc(C(C)Nc2cc(F)c(C)cc2F)cc1. The van der Waals surface area contributed by atoms with Gasteiger partial charge in [-0.3, -0.25) is 0 Å². The van der Waals surface area contributed by atoms with Crippen LogP contribution in [-0.2, 0) is 6.42 Å². The molecule has 1 N–H and O–H groups in total. The second-order valence-electron chi connectivity index (χ2n) is 5.44. The van der Waals surface area contributed by atoms with Crippen LogP contribution in [0, 0.1) is 18.6 Å². The summed E-state index contributed by atoms with van der Waals surface area (Å²) in [7, 11) is 0. The van der Waals surface area contributed by atoms with Crippen LogP contribution in [-0.4, -0.2) is 0 Å². The third kappa shape index (κ3) is 3.81. The first-order valence-corrected chi connectivity index (χ1v) is 7.32. The fourth-order valence-electron chi connectivity index (χ4n) is 2.34. The lowest BCUT2D eigenvalue weighted by Crippen LogP contribution is -2.08. The standard InChI is InChI=1S/C18H21F2N/c1-4-5-14-6-8-15(9-7-14)13(3)21-18-11-16(19)12(2)10-17(18)20/h6-11,13,21H,4-5H2,1-3H3. The molecule has 1 atom stereocenters. The number of halogens is 2. The summed E-state index contributed by atoms with van der Waals surface area (Å²) >= 11 is 0. The summed E-state index contributed by atoms with van der Waals surface area (Å²) in [4.78, 5) is 0. The van der Waals surface area contributed by atoms with Gasteiger partial charge in [-0.05, 0) is 43.0 Å². The van der Waals surface area contributed by atoms with E-state index in [0.29, 0.717) is 5.56 Å². The van der Waals surface area contributed by atoms with E-state index in [1.165, 1.54) is 17.7 Å². The van der Waals surface area contributed by atoms with Crippen molar-refractivity contribution in [1.29, 1.82) is 0 Å². The van der Waals surface area contributed by atoms with Gasteiger partial charge in [0.2, 0.25) is 0 Å².